The number of amides is 1. The van der Waals surface area contributed by atoms with Crippen LogP contribution in [-0.2, 0) is 14.8 Å². The molecular weight excluding hydrogens is 428 g/mol. The maximum atomic E-state index is 12.5. The summed E-state index contributed by atoms with van der Waals surface area (Å²) in [4.78, 5) is 13.5. The summed E-state index contributed by atoms with van der Waals surface area (Å²) in [6, 6.07) is 22.2. The lowest BCUT2D eigenvalue weighted by molar-refractivity contribution is -0.115. The Morgan fingerprint density at radius 1 is 0.931 bits per heavy atom. The van der Waals surface area contributed by atoms with Gasteiger partial charge in [0.2, 0.25) is 5.91 Å². The van der Waals surface area contributed by atoms with E-state index in [4.69, 9.17) is 11.6 Å². The van der Waals surface area contributed by atoms with Crippen LogP contribution in [0.4, 0.5) is 11.4 Å². The van der Waals surface area contributed by atoms with Crippen LogP contribution in [0.25, 0.3) is 0 Å². The van der Waals surface area contributed by atoms with E-state index in [2.05, 4.69) is 10.0 Å². The number of thioether (sulfide) groups is 1. The second-order valence-electron chi connectivity index (χ2n) is 6.17. The molecule has 0 fully saturated rings. The van der Waals surface area contributed by atoms with Gasteiger partial charge in [0.1, 0.15) is 0 Å². The minimum absolute atomic E-state index is 0.0714. The highest BCUT2D eigenvalue weighted by Crippen LogP contribution is 2.26. The molecule has 1 atom stereocenters. The topological polar surface area (TPSA) is 75.3 Å². The van der Waals surface area contributed by atoms with Gasteiger partial charge in [0, 0.05) is 10.6 Å². The van der Waals surface area contributed by atoms with Crippen LogP contribution in [0.3, 0.4) is 0 Å². The van der Waals surface area contributed by atoms with Crippen LogP contribution in [0.1, 0.15) is 6.92 Å². The smallest absolute Gasteiger partial charge is 0.261 e. The average Bonchev–Trinajstić information content (AvgIpc) is 2.71. The van der Waals surface area contributed by atoms with Crippen LogP contribution in [0.2, 0.25) is 5.02 Å². The van der Waals surface area contributed by atoms with E-state index in [0.717, 1.165) is 4.90 Å². The maximum Gasteiger partial charge on any atom is 0.261 e. The second-order valence-corrected chi connectivity index (χ2v) is 9.68. The molecule has 150 valence electrons. The number of hydrogen-bond donors (Lipinski definition) is 2. The Bertz CT molecular complexity index is 1090. The molecular formula is C21H19ClN2O3S2. The van der Waals surface area contributed by atoms with E-state index < -0.39 is 10.0 Å². The third-order valence-corrected chi connectivity index (χ3v) is 6.80. The fraction of sp³-hybridized carbons (Fsp3) is 0.0952. The van der Waals surface area contributed by atoms with Crippen molar-refractivity contribution in [2.75, 3.05) is 10.0 Å². The summed E-state index contributed by atoms with van der Waals surface area (Å²) < 4.78 is 27.5. The molecule has 3 aromatic rings. The number of hydrogen-bond acceptors (Lipinski definition) is 4. The van der Waals surface area contributed by atoms with Gasteiger partial charge in [0.25, 0.3) is 10.0 Å². The Kier molecular flexibility index (Phi) is 6.84. The number of carbonyl (C=O) groups is 1. The summed E-state index contributed by atoms with van der Waals surface area (Å²) in [5.74, 6) is -0.163. The Balaban J connectivity index is 1.65. The first-order valence-corrected chi connectivity index (χ1v) is 11.5. The third-order valence-electron chi connectivity index (χ3n) is 3.98. The molecule has 1 amide bonds. The van der Waals surface area contributed by atoms with Gasteiger partial charge in [0.15, 0.2) is 0 Å². The summed E-state index contributed by atoms with van der Waals surface area (Å²) in [6.45, 7) is 1.82. The molecule has 0 aliphatic rings. The zero-order valence-corrected chi connectivity index (χ0v) is 17.9. The molecule has 0 saturated carbocycles. The van der Waals surface area contributed by atoms with Crippen LogP contribution >= 0.6 is 23.4 Å². The van der Waals surface area contributed by atoms with Crippen molar-refractivity contribution in [2.45, 2.75) is 22.0 Å². The molecule has 0 heterocycles. The van der Waals surface area contributed by atoms with Crippen molar-refractivity contribution in [3.05, 3.63) is 83.9 Å². The number of anilines is 2. The molecule has 0 unspecified atom stereocenters. The molecule has 0 spiro atoms. The van der Waals surface area contributed by atoms with Crippen LogP contribution < -0.4 is 10.0 Å². The fourth-order valence-electron chi connectivity index (χ4n) is 2.47. The zero-order chi connectivity index (χ0) is 20.9. The molecule has 3 aromatic carbocycles. The van der Waals surface area contributed by atoms with Crippen molar-refractivity contribution in [3.63, 3.8) is 0 Å². The van der Waals surface area contributed by atoms with Crippen molar-refractivity contribution < 1.29 is 13.2 Å². The molecule has 8 heteroatoms. The lowest BCUT2D eigenvalue weighted by atomic mass is 10.3. The lowest BCUT2D eigenvalue weighted by Gasteiger charge is -2.13. The van der Waals surface area contributed by atoms with Gasteiger partial charge in [0.05, 0.1) is 20.9 Å². The largest absolute Gasteiger partial charge is 0.325 e. The first kappa shape index (κ1) is 21.2. The van der Waals surface area contributed by atoms with Gasteiger partial charge in [-0.3, -0.25) is 9.52 Å². The first-order chi connectivity index (χ1) is 13.8. The van der Waals surface area contributed by atoms with Crippen LogP contribution in [0.15, 0.2) is 88.7 Å². The van der Waals surface area contributed by atoms with Crippen molar-refractivity contribution in [2.24, 2.45) is 0 Å². The molecule has 0 bridgehead atoms. The third kappa shape index (κ3) is 5.76. The molecule has 0 aliphatic carbocycles. The standard InChI is InChI=1S/C21H19ClN2O3S2/c1-15(28-17-7-3-2-4-8-17)21(25)23-16-11-13-18(14-12-16)29(26,27)24-20-10-6-5-9-19(20)22/h2-15,24H,1H3,(H,23,25)/t15-/m1/s1. The molecule has 5 nitrogen and oxygen atoms in total. The monoisotopic (exact) mass is 446 g/mol. The number of rotatable bonds is 7. The highest BCUT2D eigenvalue weighted by molar-refractivity contribution is 8.00. The van der Waals surface area contributed by atoms with Gasteiger partial charge in [-0.2, -0.15) is 0 Å². The van der Waals surface area contributed by atoms with E-state index in [0.29, 0.717) is 16.4 Å². The second kappa shape index (κ2) is 9.35. The number of sulfonamides is 1. The Hall–Kier alpha value is -2.48. The van der Waals surface area contributed by atoms with Crippen LogP contribution in [0, 0.1) is 0 Å². The summed E-state index contributed by atoms with van der Waals surface area (Å²) >= 11 is 7.46. The van der Waals surface area contributed by atoms with Gasteiger partial charge >= 0.3 is 0 Å². The Morgan fingerprint density at radius 2 is 1.55 bits per heavy atom. The number of nitrogens with one attached hydrogen (secondary N) is 2. The number of halogens is 1. The minimum atomic E-state index is -3.79. The molecule has 2 N–H and O–H groups in total. The van der Waals surface area contributed by atoms with Crippen LogP contribution in [-0.4, -0.2) is 19.6 Å². The molecule has 0 aliphatic heterocycles. The van der Waals surface area contributed by atoms with E-state index in [1.807, 2.05) is 37.3 Å². The van der Waals surface area contributed by atoms with Crippen molar-refractivity contribution in [1.29, 1.82) is 0 Å². The van der Waals surface area contributed by atoms with Crippen molar-refractivity contribution in [1.82, 2.24) is 0 Å². The Morgan fingerprint density at radius 3 is 2.21 bits per heavy atom. The van der Waals surface area contributed by atoms with Crippen LogP contribution in [0.5, 0.6) is 0 Å². The predicted molar refractivity (Wildman–Crippen MR) is 119 cm³/mol. The summed E-state index contributed by atoms with van der Waals surface area (Å²) in [6.07, 6.45) is 0. The SMILES string of the molecule is C[C@@H](Sc1ccccc1)C(=O)Nc1ccc(S(=O)(=O)Nc2ccccc2Cl)cc1. The van der Waals surface area contributed by atoms with Gasteiger partial charge in [-0.05, 0) is 55.5 Å². The summed E-state index contributed by atoms with van der Waals surface area (Å²) in [5, 5.41) is 2.81. The highest BCUT2D eigenvalue weighted by atomic mass is 35.5. The molecule has 0 saturated heterocycles. The molecule has 0 radical (unpaired) electrons. The normalized spacial score (nSPS) is 12.2. The maximum absolute atomic E-state index is 12.5. The average molecular weight is 447 g/mol. The number of benzene rings is 3. The summed E-state index contributed by atoms with van der Waals surface area (Å²) in [7, 11) is -3.79. The molecule has 3 rings (SSSR count). The molecule has 0 aromatic heterocycles. The van der Waals surface area contributed by atoms with E-state index >= 15 is 0 Å². The van der Waals surface area contributed by atoms with Gasteiger partial charge in [-0.1, -0.05) is 41.9 Å². The van der Waals surface area contributed by atoms with Crippen molar-refractivity contribution >= 4 is 50.7 Å². The molecule has 29 heavy (non-hydrogen) atoms. The minimum Gasteiger partial charge on any atom is -0.325 e. The van der Waals surface area contributed by atoms with Crippen molar-refractivity contribution in [3.8, 4) is 0 Å². The summed E-state index contributed by atoms with van der Waals surface area (Å²) in [5.41, 5.74) is 0.825. The van der Waals surface area contributed by atoms with Gasteiger partial charge < -0.3 is 5.32 Å². The van der Waals surface area contributed by atoms with E-state index in [1.54, 1.807) is 36.4 Å². The highest BCUT2D eigenvalue weighted by Gasteiger charge is 2.17. The number of carbonyl (C=O) groups excluding carboxylic acids is 1. The number of para-hydroxylation sites is 1. The first-order valence-electron chi connectivity index (χ1n) is 8.75. The van der Waals surface area contributed by atoms with E-state index in [1.165, 1.54) is 23.9 Å². The van der Waals surface area contributed by atoms with Gasteiger partial charge in [-0.25, -0.2) is 8.42 Å². The lowest BCUT2D eigenvalue weighted by Crippen LogP contribution is -2.22. The van der Waals surface area contributed by atoms with Gasteiger partial charge in [-0.15, -0.1) is 11.8 Å². The van der Waals surface area contributed by atoms with E-state index in [9.17, 15) is 13.2 Å². The zero-order valence-electron chi connectivity index (χ0n) is 15.5. The predicted octanol–water partition coefficient (Wildman–Crippen LogP) is 5.26. The van der Waals surface area contributed by atoms with E-state index in [-0.39, 0.29) is 16.1 Å². The fourth-order valence-corrected chi connectivity index (χ4v) is 4.67. The quantitative estimate of drug-likeness (QED) is 0.485. The Labute approximate surface area is 179 Å².